The number of rotatable bonds is 3. The minimum absolute atomic E-state index is 0.751. The van der Waals surface area contributed by atoms with Gasteiger partial charge in [0.25, 0.3) is 0 Å². The highest BCUT2D eigenvalue weighted by Crippen LogP contribution is 2.22. The first kappa shape index (κ1) is 16.1. The Morgan fingerprint density at radius 3 is 2.40 bits per heavy atom. The average Bonchev–Trinajstić information content (AvgIpc) is 3.07. The molecule has 1 aromatic heterocycles. The monoisotopic (exact) mass is 351 g/mol. The smallest absolute Gasteiger partial charge is 0.209 e. The van der Waals surface area contributed by atoms with Crippen LogP contribution in [-0.2, 0) is 4.74 Å². The Kier molecular flexibility index (Phi) is 4.68. The van der Waals surface area contributed by atoms with Crippen molar-refractivity contribution in [3.8, 4) is 11.3 Å². The molecule has 128 valence electrons. The Morgan fingerprint density at radius 1 is 0.960 bits per heavy atom. The topological polar surface area (TPSA) is 29.8 Å². The average molecular weight is 351 g/mol. The van der Waals surface area contributed by atoms with E-state index in [1.54, 1.807) is 11.3 Å². The number of hydrogen-bond acceptors (Lipinski definition) is 4. The molecule has 0 radical (unpaired) electrons. The molecule has 0 spiro atoms. The van der Waals surface area contributed by atoms with Crippen LogP contribution in [0.2, 0.25) is 0 Å². The van der Waals surface area contributed by atoms with Gasteiger partial charge in [0, 0.05) is 10.9 Å². The second-order valence-corrected chi connectivity index (χ2v) is 6.93. The van der Waals surface area contributed by atoms with Crippen LogP contribution in [0.4, 0.5) is 5.69 Å². The summed E-state index contributed by atoms with van der Waals surface area (Å²) in [6.45, 7) is 5.36. The molecular weight excluding hydrogens is 330 g/mol. The molecule has 2 heterocycles. The van der Waals surface area contributed by atoms with Crippen molar-refractivity contribution in [2.24, 2.45) is 4.99 Å². The summed E-state index contributed by atoms with van der Waals surface area (Å²) in [5, 5.41) is 4.53. The van der Waals surface area contributed by atoms with Gasteiger partial charge in [-0.1, -0.05) is 48.0 Å². The maximum absolute atomic E-state index is 5.54. The SMILES string of the molecule is Cc1ccc(-c2csc(=Nc3ccccc3)n2N2CCOCC2)cc1. The van der Waals surface area contributed by atoms with Gasteiger partial charge >= 0.3 is 0 Å². The minimum atomic E-state index is 0.751. The van der Waals surface area contributed by atoms with E-state index in [-0.39, 0.29) is 0 Å². The highest BCUT2D eigenvalue weighted by molar-refractivity contribution is 7.07. The van der Waals surface area contributed by atoms with E-state index in [9.17, 15) is 0 Å². The third-order valence-corrected chi connectivity index (χ3v) is 5.10. The maximum atomic E-state index is 5.54. The summed E-state index contributed by atoms with van der Waals surface area (Å²) in [4.78, 5) is 5.87. The number of para-hydroxylation sites is 1. The second kappa shape index (κ2) is 7.25. The second-order valence-electron chi connectivity index (χ2n) is 6.09. The van der Waals surface area contributed by atoms with Crippen molar-refractivity contribution in [1.29, 1.82) is 0 Å². The largest absolute Gasteiger partial charge is 0.378 e. The van der Waals surface area contributed by atoms with Crippen LogP contribution in [0.25, 0.3) is 11.3 Å². The van der Waals surface area contributed by atoms with Crippen molar-refractivity contribution in [1.82, 2.24) is 4.68 Å². The van der Waals surface area contributed by atoms with Crippen LogP contribution in [0.1, 0.15) is 5.56 Å². The Hall–Kier alpha value is -2.37. The van der Waals surface area contributed by atoms with Crippen LogP contribution in [0.3, 0.4) is 0 Å². The van der Waals surface area contributed by atoms with Gasteiger partial charge in [-0.05, 0) is 19.1 Å². The summed E-state index contributed by atoms with van der Waals surface area (Å²) >= 11 is 1.68. The van der Waals surface area contributed by atoms with E-state index in [4.69, 9.17) is 9.73 Å². The van der Waals surface area contributed by atoms with E-state index < -0.39 is 0 Å². The van der Waals surface area contributed by atoms with Crippen LogP contribution in [0, 0.1) is 6.92 Å². The van der Waals surface area contributed by atoms with Gasteiger partial charge in [-0.25, -0.2) is 9.67 Å². The number of aromatic nitrogens is 1. The zero-order valence-corrected chi connectivity index (χ0v) is 15.1. The Balaban J connectivity index is 1.84. The molecular formula is C20H21N3OS. The lowest BCUT2D eigenvalue weighted by atomic mass is 10.1. The quantitative estimate of drug-likeness (QED) is 0.720. The molecule has 0 N–H and O–H groups in total. The van der Waals surface area contributed by atoms with Crippen molar-refractivity contribution in [3.63, 3.8) is 0 Å². The number of thiazole rings is 1. The molecule has 0 atom stereocenters. The highest BCUT2D eigenvalue weighted by Gasteiger charge is 2.17. The molecule has 1 aliphatic rings. The maximum Gasteiger partial charge on any atom is 0.209 e. The van der Waals surface area contributed by atoms with E-state index in [1.807, 2.05) is 30.3 Å². The number of hydrogen-bond donors (Lipinski definition) is 0. The van der Waals surface area contributed by atoms with Crippen molar-refractivity contribution in [2.45, 2.75) is 6.92 Å². The van der Waals surface area contributed by atoms with Crippen LogP contribution < -0.4 is 9.81 Å². The number of nitrogens with zero attached hydrogens (tertiary/aromatic N) is 3. The first-order valence-electron chi connectivity index (χ1n) is 8.51. The summed E-state index contributed by atoms with van der Waals surface area (Å²) in [5.74, 6) is 0. The van der Waals surface area contributed by atoms with Gasteiger partial charge in [-0.15, -0.1) is 11.3 Å². The summed E-state index contributed by atoms with van der Waals surface area (Å²) < 4.78 is 7.79. The highest BCUT2D eigenvalue weighted by atomic mass is 32.1. The lowest BCUT2D eigenvalue weighted by Crippen LogP contribution is -2.48. The van der Waals surface area contributed by atoms with Crippen molar-refractivity contribution in [3.05, 3.63) is 70.3 Å². The van der Waals surface area contributed by atoms with E-state index in [0.717, 1.165) is 36.8 Å². The molecule has 1 aliphatic heterocycles. The number of benzene rings is 2. The molecule has 0 amide bonds. The van der Waals surface area contributed by atoms with E-state index in [1.165, 1.54) is 16.8 Å². The summed E-state index contributed by atoms with van der Waals surface area (Å²) in [6.07, 6.45) is 0. The Morgan fingerprint density at radius 2 is 1.68 bits per heavy atom. The van der Waals surface area contributed by atoms with Gasteiger partial charge in [0.05, 0.1) is 37.7 Å². The summed E-state index contributed by atoms with van der Waals surface area (Å²) in [7, 11) is 0. The molecule has 0 saturated carbocycles. The molecule has 0 bridgehead atoms. The number of ether oxygens (including phenoxy) is 1. The van der Waals surface area contributed by atoms with Crippen LogP contribution >= 0.6 is 11.3 Å². The zero-order chi connectivity index (χ0) is 17.1. The van der Waals surface area contributed by atoms with Crippen molar-refractivity contribution >= 4 is 17.0 Å². The van der Waals surface area contributed by atoms with Gasteiger partial charge in [-0.2, -0.15) is 0 Å². The molecule has 2 aromatic carbocycles. The summed E-state index contributed by atoms with van der Waals surface area (Å²) in [6, 6.07) is 18.8. The Labute approximate surface area is 151 Å². The third kappa shape index (κ3) is 3.52. The predicted octanol–water partition coefficient (Wildman–Crippen LogP) is 3.73. The number of morpholine rings is 1. The molecule has 1 saturated heterocycles. The van der Waals surface area contributed by atoms with Crippen molar-refractivity contribution in [2.75, 3.05) is 31.3 Å². The van der Waals surface area contributed by atoms with E-state index >= 15 is 0 Å². The number of aryl methyl sites for hydroxylation is 1. The third-order valence-electron chi connectivity index (χ3n) is 4.28. The molecule has 4 rings (SSSR count). The van der Waals surface area contributed by atoms with Gasteiger partial charge in [-0.3, -0.25) is 0 Å². The fourth-order valence-electron chi connectivity index (χ4n) is 2.94. The van der Waals surface area contributed by atoms with Gasteiger partial charge in [0.1, 0.15) is 0 Å². The molecule has 0 aliphatic carbocycles. The van der Waals surface area contributed by atoms with E-state index in [0.29, 0.717) is 0 Å². The first-order valence-corrected chi connectivity index (χ1v) is 9.39. The normalized spacial score (nSPS) is 15.6. The standard InChI is InChI=1S/C20H21N3OS/c1-16-7-9-17(10-8-16)19-15-25-20(21-18-5-3-2-4-6-18)23(19)22-11-13-24-14-12-22/h2-10,15H,11-14H2,1H3. The fraction of sp³-hybridized carbons (Fsp3) is 0.250. The van der Waals surface area contributed by atoms with Gasteiger partial charge in [0.15, 0.2) is 0 Å². The zero-order valence-electron chi connectivity index (χ0n) is 14.3. The molecule has 1 fully saturated rings. The fourth-order valence-corrected chi connectivity index (χ4v) is 3.86. The lowest BCUT2D eigenvalue weighted by Gasteiger charge is -2.31. The summed E-state index contributed by atoms with van der Waals surface area (Å²) in [5.41, 5.74) is 4.64. The van der Waals surface area contributed by atoms with Crippen molar-refractivity contribution < 1.29 is 4.74 Å². The van der Waals surface area contributed by atoms with Crippen LogP contribution in [-0.4, -0.2) is 31.0 Å². The molecule has 3 aromatic rings. The van der Waals surface area contributed by atoms with Crippen LogP contribution in [0.5, 0.6) is 0 Å². The molecule has 0 unspecified atom stereocenters. The molecule has 5 heteroatoms. The Bertz CT molecular complexity index is 891. The minimum Gasteiger partial charge on any atom is -0.378 e. The first-order chi connectivity index (χ1) is 12.3. The van der Waals surface area contributed by atoms with Gasteiger partial charge < -0.3 is 9.75 Å². The lowest BCUT2D eigenvalue weighted by molar-refractivity contribution is 0.111. The molecule has 25 heavy (non-hydrogen) atoms. The van der Waals surface area contributed by atoms with Crippen LogP contribution in [0.15, 0.2) is 65.0 Å². The van der Waals surface area contributed by atoms with E-state index in [2.05, 4.69) is 46.3 Å². The predicted molar refractivity (Wildman–Crippen MR) is 103 cm³/mol. The molecule has 4 nitrogen and oxygen atoms in total. The van der Waals surface area contributed by atoms with Gasteiger partial charge in [0.2, 0.25) is 4.80 Å².